The van der Waals surface area contributed by atoms with Gasteiger partial charge >= 0.3 is 5.97 Å². The van der Waals surface area contributed by atoms with Gasteiger partial charge in [-0.3, -0.25) is 0 Å². The summed E-state index contributed by atoms with van der Waals surface area (Å²) in [5.74, 6) is -0.0353. The van der Waals surface area contributed by atoms with E-state index in [4.69, 9.17) is 9.84 Å². The molecule has 0 radical (unpaired) electrons. The number of rotatable bonds is 5. The van der Waals surface area contributed by atoms with Gasteiger partial charge in [0.1, 0.15) is 11.3 Å². The van der Waals surface area contributed by atoms with E-state index in [0.29, 0.717) is 16.7 Å². The molecule has 0 unspecified atom stereocenters. The molecule has 1 heterocycles. The smallest absolute Gasteiger partial charge is 0.339 e. The molecule has 1 aromatic carbocycles. The molecule has 0 amide bonds. The number of nitrogens with zero attached hydrogens (tertiary/aromatic N) is 2. The molecule has 0 spiro atoms. The van der Waals surface area contributed by atoms with Crippen molar-refractivity contribution in [3.05, 3.63) is 47.3 Å². The van der Waals surface area contributed by atoms with Crippen LogP contribution in [0.15, 0.2) is 35.6 Å². The standard InChI is InChI=1S/C14H14N2O3S/c1-9-5-6-15-14(16-9)20-8-10-3-4-12(19-2)11(7-10)13(17)18/h3-7H,8H2,1-2H3,(H,17,18). The fourth-order valence-corrected chi connectivity index (χ4v) is 2.47. The second kappa shape index (κ2) is 6.38. The van der Waals surface area contributed by atoms with Crippen LogP contribution in [-0.2, 0) is 5.75 Å². The summed E-state index contributed by atoms with van der Waals surface area (Å²) >= 11 is 1.47. The molecule has 5 nitrogen and oxygen atoms in total. The van der Waals surface area contributed by atoms with Gasteiger partial charge in [0.15, 0.2) is 5.16 Å². The molecule has 0 fully saturated rings. The van der Waals surface area contributed by atoms with E-state index in [1.54, 1.807) is 18.3 Å². The summed E-state index contributed by atoms with van der Waals surface area (Å²) in [7, 11) is 1.46. The van der Waals surface area contributed by atoms with Crippen LogP contribution in [-0.4, -0.2) is 28.2 Å². The fraction of sp³-hybridized carbons (Fsp3) is 0.214. The average molecular weight is 290 g/mol. The van der Waals surface area contributed by atoms with E-state index in [9.17, 15) is 4.79 Å². The van der Waals surface area contributed by atoms with Crippen molar-refractivity contribution in [2.75, 3.05) is 7.11 Å². The summed E-state index contributed by atoms with van der Waals surface area (Å²) in [6.07, 6.45) is 1.71. The van der Waals surface area contributed by atoms with E-state index in [1.807, 2.05) is 19.1 Å². The first kappa shape index (κ1) is 14.3. The summed E-state index contributed by atoms with van der Waals surface area (Å²) in [5.41, 5.74) is 1.96. The SMILES string of the molecule is COc1ccc(CSc2nccc(C)n2)cc1C(=O)O. The monoisotopic (exact) mass is 290 g/mol. The number of ether oxygens (including phenoxy) is 1. The molecule has 0 aliphatic heterocycles. The first-order valence-corrected chi connectivity index (χ1v) is 6.91. The lowest BCUT2D eigenvalue weighted by Crippen LogP contribution is -2.01. The van der Waals surface area contributed by atoms with Gasteiger partial charge in [-0.05, 0) is 30.7 Å². The van der Waals surface area contributed by atoms with Crippen molar-refractivity contribution in [2.24, 2.45) is 0 Å². The minimum absolute atomic E-state index is 0.163. The number of thioether (sulfide) groups is 1. The zero-order valence-electron chi connectivity index (χ0n) is 11.2. The molecule has 0 saturated heterocycles. The van der Waals surface area contributed by atoms with Gasteiger partial charge in [-0.25, -0.2) is 14.8 Å². The van der Waals surface area contributed by atoms with Crippen LogP contribution in [0.1, 0.15) is 21.6 Å². The Morgan fingerprint density at radius 3 is 2.85 bits per heavy atom. The number of aromatic carboxylic acids is 1. The molecule has 1 N–H and O–H groups in total. The molecular formula is C14H14N2O3S. The van der Waals surface area contributed by atoms with Crippen LogP contribution >= 0.6 is 11.8 Å². The maximum atomic E-state index is 11.1. The predicted octanol–water partition coefficient (Wildman–Crippen LogP) is 2.78. The molecule has 0 aliphatic rings. The quantitative estimate of drug-likeness (QED) is 0.674. The second-order valence-corrected chi connectivity index (χ2v) is 5.05. The topological polar surface area (TPSA) is 72.3 Å². The van der Waals surface area contributed by atoms with Gasteiger partial charge in [0, 0.05) is 17.6 Å². The van der Waals surface area contributed by atoms with Crippen molar-refractivity contribution < 1.29 is 14.6 Å². The van der Waals surface area contributed by atoms with E-state index < -0.39 is 5.97 Å². The van der Waals surface area contributed by atoms with Crippen molar-refractivity contribution in [3.63, 3.8) is 0 Å². The van der Waals surface area contributed by atoms with Gasteiger partial charge in [0.25, 0.3) is 0 Å². The first-order chi connectivity index (χ1) is 9.60. The molecule has 0 atom stereocenters. The number of aromatic nitrogens is 2. The van der Waals surface area contributed by atoms with Crippen LogP contribution < -0.4 is 4.74 Å². The Balaban J connectivity index is 2.14. The highest BCUT2D eigenvalue weighted by Crippen LogP contribution is 2.24. The molecular weight excluding hydrogens is 276 g/mol. The number of carboxylic acid groups (broad SMARTS) is 1. The lowest BCUT2D eigenvalue weighted by Gasteiger charge is -2.07. The third-order valence-electron chi connectivity index (χ3n) is 2.63. The summed E-state index contributed by atoms with van der Waals surface area (Å²) in [4.78, 5) is 19.6. The maximum Gasteiger partial charge on any atom is 0.339 e. The van der Waals surface area contributed by atoms with Gasteiger partial charge in [-0.2, -0.15) is 0 Å². The van der Waals surface area contributed by atoms with Gasteiger partial charge in [-0.15, -0.1) is 0 Å². The number of methoxy groups -OCH3 is 1. The van der Waals surface area contributed by atoms with Gasteiger partial charge in [0.05, 0.1) is 7.11 Å². The number of carboxylic acids is 1. The van der Waals surface area contributed by atoms with Crippen LogP contribution in [0.3, 0.4) is 0 Å². The predicted molar refractivity (Wildman–Crippen MR) is 76.3 cm³/mol. The molecule has 104 valence electrons. The lowest BCUT2D eigenvalue weighted by atomic mass is 10.1. The summed E-state index contributed by atoms with van der Waals surface area (Å²) in [6.45, 7) is 1.90. The Bertz CT molecular complexity index is 632. The van der Waals surface area contributed by atoms with Crippen molar-refractivity contribution >= 4 is 17.7 Å². The third-order valence-corrected chi connectivity index (χ3v) is 3.57. The van der Waals surface area contributed by atoms with E-state index in [-0.39, 0.29) is 5.56 Å². The number of carbonyl (C=O) groups is 1. The molecule has 2 rings (SSSR count). The van der Waals surface area contributed by atoms with Gasteiger partial charge in [-0.1, -0.05) is 17.8 Å². The Kier molecular flexibility index (Phi) is 4.57. The van der Waals surface area contributed by atoms with Crippen LogP contribution in [0.2, 0.25) is 0 Å². The molecule has 0 saturated carbocycles. The van der Waals surface area contributed by atoms with Crippen LogP contribution in [0.5, 0.6) is 5.75 Å². The normalized spacial score (nSPS) is 10.3. The maximum absolute atomic E-state index is 11.1. The Morgan fingerprint density at radius 2 is 2.20 bits per heavy atom. The summed E-state index contributed by atoms with van der Waals surface area (Å²) < 4.78 is 5.03. The van der Waals surface area contributed by atoms with Crippen LogP contribution in [0, 0.1) is 6.92 Å². The molecule has 0 aliphatic carbocycles. The number of benzene rings is 1. The molecule has 2 aromatic rings. The third kappa shape index (κ3) is 3.48. The largest absolute Gasteiger partial charge is 0.496 e. The Hall–Kier alpha value is -2.08. The molecule has 20 heavy (non-hydrogen) atoms. The van der Waals surface area contributed by atoms with E-state index in [0.717, 1.165) is 11.3 Å². The van der Waals surface area contributed by atoms with Crippen molar-refractivity contribution in [1.29, 1.82) is 0 Å². The summed E-state index contributed by atoms with van der Waals surface area (Å²) in [5, 5.41) is 9.81. The first-order valence-electron chi connectivity index (χ1n) is 5.93. The van der Waals surface area contributed by atoms with Crippen LogP contribution in [0.4, 0.5) is 0 Å². The highest BCUT2D eigenvalue weighted by molar-refractivity contribution is 7.98. The van der Waals surface area contributed by atoms with Gasteiger partial charge < -0.3 is 9.84 Å². The van der Waals surface area contributed by atoms with Crippen molar-refractivity contribution in [1.82, 2.24) is 9.97 Å². The van der Waals surface area contributed by atoms with E-state index in [1.165, 1.54) is 18.9 Å². The number of aryl methyl sites for hydroxylation is 1. The van der Waals surface area contributed by atoms with Crippen molar-refractivity contribution in [2.45, 2.75) is 17.8 Å². The second-order valence-electron chi connectivity index (χ2n) is 4.11. The number of hydrogen-bond donors (Lipinski definition) is 1. The zero-order chi connectivity index (χ0) is 14.5. The van der Waals surface area contributed by atoms with Crippen LogP contribution in [0.25, 0.3) is 0 Å². The fourth-order valence-electron chi connectivity index (χ4n) is 1.66. The number of hydrogen-bond acceptors (Lipinski definition) is 5. The van der Waals surface area contributed by atoms with E-state index in [2.05, 4.69) is 9.97 Å². The molecule has 0 bridgehead atoms. The minimum atomic E-state index is -1.000. The highest BCUT2D eigenvalue weighted by Gasteiger charge is 2.11. The van der Waals surface area contributed by atoms with E-state index >= 15 is 0 Å². The zero-order valence-corrected chi connectivity index (χ0v) is 12.0. The average Bonchev–Trinajstić information content (AvgIpc) is 2.45. The van der Waals surface area contributed by atoms with Gasteiger partial charge in [0.2, 0.25) is 0 Å². The highest BCUT2D eigenvalue weighted by atomic mass is 32.2. The summed E-state index contributed by atoms with van der Waals surface area (Å²) in [6, 6.07) is 6.95. The molecule has 1 aromatic heterocycles. The minimum Gasteiger partial charge on any atom is -0.496 e. The van der Waals surface area contributed by atoms with Crippen molar-refractivity contribution in [3.8, 4) is 5.75 Å². The molecule has 6 heteroatoms. The Morgan fingerprint density at radius 1 is 1.40 bits per heavy atom. The lowest BCUT2D eigenvalue weighted by molar-refractivity contribution is 0.0693. The Labute approximate surface area is 121 Å².